The number of esters is 1. The zero-order valence-electron chi connectivity index (χ0n) is 12.4. The molecule has 2 N–H and O–H groups in total. The van der Waals surface area contributed by atoms with Gasteiger partial charge in [-0.05, 0) is 31.2 Å². The lowest BCUT2D eigenvalue weighted by molar-refractivity contribution is 0.0592. The van der Waals surface area contributed by atoms with Crippen LogP contribution in [0.15, 0.2) is 42.7 Å². The molecule has 0 fully saturated rings. The maximum atomic E-state index is 12.1. The van der Waals surface area contributed by atoms with Crippen LogP contribution < -0.4 is 5.73 Å². The summed E-state index contributed by atoms with van der Waals surface area (Å²) in [5, 5.41) is 0. The minimum absolute atomic E-state index is 0.277. The van der Waals surface area contributed by atoms with Crippen molar-refractivity contribution in [1.29, 1.82) is 0 Å². The molecule has 3 rings (SSSR count). The number of hydrogen-bond donors (Lipinski definition) is 1. The lowest BCUT2D eigenvalue weighted by Crippen LogP contribution is -2.10. The smallest absolute Gasteiger partial charge is 0.355 e. The molecule has 0 spiro atoms. The summed E-state index contributed by atoms with van der Waals surface area (Å²) >= 11 is 0. The third kappa shape index (κ3) is 2.23. The molecule has 1 atom stereocenters. The maximum Gasteiger partial charge on any atom is 0.355 e. The summed E-state index contributed by atoms with van der Waals surface area (Å²) in [6, 6.07) is 8.77. The van der Waals surface area contributed by atoms with E-state index in [1.807, 2.05) is 25.1 Å². The molecule has 1 unspecified atom stereocenters. The molecule has 0 amide bonds. The van der Waals surface area contributed by atoms with Crippen LogP contribution in [-0.4, -0.2) is 27.4 Å². The SMILES string of the molecule is COC(=O)c1cccc2nc(C(C)N)c(-c3cccnc3)n12. The van der Waals surface area contributed by atoms with Crippen LogP contribution in [-0.2, 0) is 4.74 Å². The van der Waals surface area contributed by atoms with E-state index in [-0.39, 0.29) is 6.04 Å². The molecule has 0 saturated heterocycles. The van der Waals surface area contributed by atoms with Gasteiger partial charge in [-0.1, -0.05) is 6.07 Å². The number of pyridine rings is 2. The van der Waals surface area contributed by atoms with Gasteiger partial charge in [0.25, 0.3) is 0 Å². The molecular formula is C16H16N4O2. The molecule has 3 heterocycles. The Balaban J connectivity index is 2.41. The molecular weight excluding hydrogens is 280 g/mol. The number of ether oxygens (including phenoxy) is 1. The molecule has 0 saturated carbocycles. The normalized spacial score (nSPS) is 12.3. The first-order valence-electron chi connectivity index (χ1n) is 6.89. The Bertz CT molecular complexity index is 825. The Kier molecular flexibility index (Phi) is 3.60. The molecule has 3 aromatic heterocycles. The third-order valence-electron chi connectivity index (χ3n) is 3.43. The highest BCUT2D eigenvalue weighted by Gasteiger charge is 2.21. The lowest BCUT2D eigenvalue weighted by Gasteiger charge is -2.10. The Morgan fingerprint density at radius 1 is 1.32 bits per heavy atom. The van der Waals surface area contributed by atoms with Crippen molar-refractivity contribution in [2.24, 2.45) is 5.73 Å². The number of fused-ring (bicyclic) bond motifs is 1. The zero-order chi connectivity index (χ0) is 15.7. The second-order valence-corrected chi connectivity index (χ2v) is 4.97. The third-order valence-corrected chi connectivity index (χ3v) is 3.43. The standard InChI is InChI=1S/C16H16N4O2/c1-10(17)14-15(11-5-4-8-18-9-11)20-12(16(21)22-2)6-3-7-13(20)19-14/h3-10H,17H2,1-2H3. The number of carbonyl (C=O) groups is 1. The van der Waals surface area contributed by atoms with Gasteiger partial charge in [0.15, 0.2) is 0 Å². The molecule has 6 nitrogen and oxygen atoms in total. The van der Waals surface area contributed by atoms with Crippen LogP contribution >= 0.6 is 0 Å². The summed E-state index contributed by atoms with van der Waals surface area (Å²) in [6.07, 6.45) is 3.42. The molecule has 0 aliphatic rings. The van der Waals surface area contributed by atoms with E-state index in [1.54, 1.807) is 28.9 Å². The first-order valence-corrected chi connectivity index (χ1v) is 6.89. The highest BCUT2D eigenvalue weighted by atomic mass is 16.5. The summed E-state index contributed by atoms with van der Waals surface area (Å²) < 4.78 is 6.64. The van der Waals surface area contributed by atoms with E-state index in [0.717, 1.165) is 11.3 Å². The first kappa shape index (κ1) is 14.2. The molecule has 0 aliphatic carbocycles. The van der Waals surface area contributed by atoms with Crippen LogP contribution in [0.3, 0.4) is 0 Å². The molecule has 0 aromatic carbocycles. The van der Waals surface area contributed by atoms with Gasteiger partial charge in [-0.2, -0.15) is 0 Å². The van der Waals surface area contributed by atoms with E-state index in [1.165, 1.54) is 7.11 Å². The summed E-state index contributed by atoms with van der Waals surface area (Å²) in [4.78, 5) is 20.8. The number of methoxy groups -OCH3 is 1. The van der Waals surface area contributed by atoms with Crippen molar-refractivity contribution < 1.29 is 9.53 Å². The number of hydrogen-bond acceptors (Lipinski definition) is 5. The van der Waals surface area contributed by atoms with Gasteiger partial charge in [0.05, 0.1) is 18.5 Å². The van der Waals surface area contributed by atoms with Gasteiger partial charge in [0.1, 0.15) is 11.3 Å². The average molecular weight is 296 g/mol. The lowest BCUT2D eigenvalue weighted by atomic mass is 10.1. The predicted molar refractivity (Wildman–Crippen MR) is 82.4 cm³/mol. The quantitative estimate of drug-likeness (QED) is 0.749. The van der Waals surface area contributed by atoms with Crippen LogP contribution in [0, 0.1) is 0 Å². The van der Waals surface area contributed by atoms with Crippen molar-refractivity contribution in [2.45, 2.75) is 13.0 Å². The monoisotopic (exact) mass is 296 g/mol. The molecule has 3 aromatic rings. The Morgan fingerprint density at radius 2 is 2.14 bits per heavy atom. The van der Waals surface area contributed by atoms with E-state index in [0.29, 0.717) is 17.0 Å². The number of nitrogens with two attached hydrogens (primary N) is 1. The summed E-state index contributed by atoms with van der Waals surface area (Å²) in [6.45, 7) is 1.86. The highest BCUT2D eigenvalue weighted by molar-refractivity contribution is 5.89. The fourth-order valence-electron chi connectivity index (χ4n) is 2.47. The van der Waals surface area contributed by atoms with Crippen molar-refractivity contribution in [3.05, 3.63) is 54.1 Å². The van der Waals surface area contributed by atoms with Crippen LogP contribution in [0.25, 0.3) is 16.9 Å². The van der Waals surface area contributed by atoms with Gasteiger partial charge < -0.3 is 10.5 Å². The van der Waals surface area contributed by atoms with Crippen molar-refractivity contribution in [1.82, 2.24) is 14.4 Å². The summed E-state index contributed by atoms with van der Waals surface area (Å²) in [5.74, 6) is -0.427. The second-order valence-electron chi connectivity index (χ2n) is 4.97. The van der Waals surface area contributed by atoms with E-state index < -0.39 is 5.97 Å². The fourth-order valence-corrected chi connectivity index (χ4v) is 2.47. The molecule has 0 radical (unpaired) electrons. The topological polar surface area (TPSA) is 82.5 Å². The van der Waals surface area contributed by atoms with E-state index in [2.05, 4.69) is 9.97 Å². The Labute approximate surface area is 127 Å². The number of aromatic nitrogens is 3. The minimum Gasteiger partial charge on any atom is -0.464 e. The van der Waals surface area contributed by atoms with Crippen molar-refractivity contribution in [3.63, 3.8) is 0 Å². The summed E-state index contributed by atoms with van der Waals surface area (Å²) in [7, 11) is 1.36. The Morgan fingerprint density at radius 3 is 2.77 bits per heavy atom. The first-order chi connectivity index (χ1) is 10.6. The van der Waals surface area contributed by atoms with Gasteiger partial charge in [-0.15, -0.1) is 0 Å². The Hall–Kier alpha value is -2.73. The van der Waals surface area contributed by atoms with Gasteiger partial charge in [-0.3, -0.25) is 9.38 Å². The summed E-state index contributed by atoms with van der Waals surface area (Å²) in [5.41, 5.74) is 9.43. The molecule has 22 heavy (non-hydrogen) atoms. The molecule has 0 bridgehead atoms. The number of carbonyl (C=O) groups excluding carboxylic acids is 1. The van der Waals surface area contributed by atoms with E-state index in [4.69, 9.17) is 10.5 Å². The van der Waals surface area contributed by atoms with Crippen molar-refractivity contribution >= 4 is 11.6 Å². The molecule has 112 valence electrons. The number of nitrogens with zero attached hydrogens (tertiary/aromatic N) is 3. The average Bonchev–Trinajstić information content (AvgIpc) is 2.94. The van der Waals surface area contributed by atoms with Gasteiger partial charge in [0.2, 0.25) is 0 Å². The van der Waals surface area contributed by atoms with Crippen LogP contribution in [0.5, 0.6) is 0 Å². The second kappa shape index (κ2) is 5.57. The van der Waals surface area contributed by atoms with Crippen LogP contribution in [0.1, 0.15) is 29.1 Å². The predicted octanol–water partition coefficient (Wildman–Crippen LogP) is 2.20. The van der Waals surface area contributed by atoms with E-state index in [9.17, 15) is 4.79 Å². The fraction of sp³-hybridized carbons (Fsp3) is 0.188. The maximum absolute atomic E-state index is 12.1. The number of imidazole rings is 1. The molecule has 6 heteroatoms. The van der Waals surface area contributed by atoms with E-state index >= 15 is 0 Å². The van der Waals surface area contributed by atoms with Crippen LogP contribution in [0.2, 0.25) is 0 Å². The zero-order valence-corrected chi connectivity index (χ0v) is 12.4. The van der Waals surface area contributed by atoms with Gasteiger partial charge in [0, 0.05) is 24.0 Å². The van der Waals surface area contributed by atoms with Crippen LogP contribution in [0.4, 0.5) is 0 Å². The van der Waals surface area contributed by atoms with Crippen molar-refractivity contribution in [2.75, 3.05) is 7.11 Å². The molecule has 0 aliphatic heterocycles. The largest absolute Gasteiger partial charge is 0.464 e. The minimum atomic E-state index is -0.427. The van der Waals surface area contributed by atoms with Crippen molar-refractivity contribution in [3.8, 4) is 11.3 Å². The van der Waals surface area contributed by atoms with Gasteiger partial charge in [-0.25, -0.2) is 9.78 Å². The van der Waals surface area contributed by atoms with Gasteiger partial charge >= 0.3 is 5.97 Å². The highest BCUT2D eigenvalue weighted by Crippen LogP contribution is 2.29. The number of rotatable bonds is 3.